The molecule has 0 spiro atoms. The summed E-state index contributed by atoms with van der Waals surface area (Å²) >= 11 is 5.66. The number of hydrogen-bond donors (Lipinski definition) is 1. The first kappa shape index (κ1) is 18.4. The molecule has 1 aromatic carbocycles. The Labute approximate surface area is 146 Å². The van der Waals surface area contributed by atoms with Crippen LogP contribution in [0.4, 0.5) is 5.69 Å². The minimum absolute atomic E-state index is 0.0192. The van der Waals surface area contributed by atoms with Gasteiger partial charge in [-0.3, -0.25) is 4.79 Å². The van der Waals surface area contributed by atoms with Gasteiger partial charge < -0.3 is 5.32 Å². The third-order valence-electron chi connectivity index (χ3n) is 3.52. The van der Waals surface area contributed by atoms with E-state index in [0.29, 0.717) is 5.69 Å². The number of nitrogens with zero attached hydrogens (tertiary/aromatic N) is 2. The molecule has 1 amide bonds. The number of rotatable bonds is 5. The maximum absolute atomic E-state index is 12.4. The highest BCUT2D eigenvalue weighted by Gasteiger charge is 2.23. The van der Waals surface area contributed by atoms with Crippen LogP contribution in [0, 0.1) is 13.8 Å². The van der Waals surface area contributed by atoms with E-state index in [1.165, 1.54) is 19.2 Å². The van der Waals surface area contributed by atoms with Gasteiger partial charge in [0.15, 0.2) is 0 Å². The van der Waals surface area contributed by atoms with Crippen LogP contribution in [-0.4, -0.2) is 37.2 Å². The van der Waals surface area contributed by atoms with Gasteiger partial charge in [0.2, 0.25) is 15.9 Å². The fourth-order valence-electron chi connectivity index (χ4n) is 2.17. The Morgan fingerprint density at radius 1 is 1.21 bits per heavy atom. The van der Waals surface area contributed by atoms with Gasteiger partial charge in [-0.2, -0.15) is 4.31 Å². The molecule has 2 rings (SSSR count). The summed E-state index contributed by atoms with van der Waals surface area (Å²) in [7, 11) is -2.47. The van der Waals surface area contributed by atoms with Crippen molar-refractivity contribution < 1.29 is 13.2 Å². The van der Waals surface area contributed by atoms with Crippen molar-refractivity contribution in [3.63, 3.8) is 0 Å². The molecule has 8 heteroatoms. The number of para-hydroxylation sites is 1. The summed E-state index contributed by atoms with van der Waals surface area (Å²) in [6, 6.07) is 8.39. The molecule has 0 radical (unpaired) electrons. The minimum atomic E-state index is -3.81. The molecule has 0 fully saturated rings. The van der Waals surface area contributed by atoms with Crippen LogP contribution in [0.3, 0.4) is 0 Å². The van der Waals surface area contributed by atoms with Crippen LogP contribution in [0.2, 0.25) is 5.15 Å². The first-order valence-corrected chi connectivity index (χ1v) is 8.97. The van der Waals surface area contributed by atoms with Gasteiger partial charge in [-0.15, -0.1) is 0 Å². The van der Waals surface area contributed by atoms with Crippen molar-refractivity contribution in [1.29, 1.82) is 0 Å². The largest absolute Gasteiger partial charge is 0.324 e. The second kappa shape index (κ2) is 7.29. The van der Waals surface area contributed by atoms with Crippen molar-refractivity contribution in [1.82, 2.24) is 9.29 Å². The molecular weight excluding hydrogens is 350 g/mol. The molecule has 1 N–H and O–H groups in total. The van der Waals surface area contributed by atoms with Crippen molar-refractivity contribution in [2.45, 2.75) is 18.7 Å². The highest BCUT2D eigenvalue weighted by atomic mass is 35.5. The number of pyridine rings is 1. The van der Waals surface area contributed by atoms with Crippen molar-refractivity contribution >= 4 is 33.2 Å². The maximum Gasteiger partial charge on any atom is 0.244 e. The summed E-state index contributed by atoms with van der Waals surface area (Å²) in [5.41, 5.74) is 2.52. The topological polar surface area (TPSA) is 79.4 Å². The molecule has 128 valence electrons. The summed E-state index contributed by atoms with van der Waals surface area (Å²) in [5, 5.41) is 2.96. The van der Waals surface area contributed by atoms with Crippen LogP contribution in [0.1, 0.15) is 11.1 Å². The van der Waals surface area contributed by atoms with E-state index in [-0.39, 0.29) is 16.6 Å². The Balaban J connectivity index is 2.12. The van der Waals surface area contributed by atoms with E-state index in [9.17, 15) is 13.2 Å². The third-order valence-corrected chi connectivity index (χ3v) is 5.53. The number of sulfonamides is 1. The smallest absolute Gasteiger partial charge is 0.244 e. The van der Waals surface area contributed by atoms with Gasteiger partial charge in [-0.1, -0.05) is 29.8 Å². The number of halogens is 1. The SMILES string of the molecule is Cc1cccc(C)c1NC(=O)CN(C)S(=O)(=O)c1ccc(Cl)nc1. The number of amides is 1. The Morgan fingerprint density at radius 3 is 2.38 bits per heavy atom. The molecule has 2 aromatic rings. The van der Waals surface area contributed by atoms with Crippen molar-refractivity contribution in [2.75, 3.05) is 18.9 Å². The van der Waals surface area contributed by atoms with Gasteiger partial charge in [0.25, 0.3) is 0 Å². The Kier molecular flexibility index (Phi) is 5.58. The third kappa shape index (κ3) is 4.11. The van der Waals surface area contributed by atoms with Crippen molar-refractivity contribution in [2.24, 2.45) is 0 Å². The van der Waals surface area contributed by atoms with E-state index in [2.05, 4.69) is 10.3 Å². The molecule has 0 aliphatic heterocycles. The lowest BCUT2D eigenvalue weighted by atomic mass is 10.1. The van der Waals surface area contributed by atoms with Crippen LogP contribution in [0.5, 0.6) is 0 Å². The molecule has 0 aliphatic carbocycles. The number of nitrogens with one attached hydrogen (secondary N) is 1. The Hall–Kier alpha value is -1.96. The molecule has 0 atom stereocenters. The molecule has 0 saturated carbocycles. The van der Waals surface area contributed by atoms with Crippen LogP contribution in [-0.2, 0) is 14.8 Å². The standard InChI is InChI=1S/C16H18ClN3O3S/c1-11-5-4-6-12(2)16(11)19-15(21)10-20(3)24(22,23)13-7-8-14(17)18-9-13/h4-9H,10H2,1-3H3,(H,19,21). The number of benzene rings is 1. The number of anilines is 1. The highest BCUT2D eigenvalue weighted by molar-refractivity contribution is 7.89. The maximum atomic E-state index is 12.4. The first-order valence-electron chi connectivity index (χ1n) is 7.16. The van der Waals surface area contributed by atoms with E-state index in [4.69, 9.17) is 11.6 Å². The lowest BCUT2D eigenvalue weighted by Gasteiger charge is -2.18. The summed E-state index contributed by atoms with van der Waals surface area (Å²) in [4.78, 5) is 15.9. The molecule has 24 heavy (non-hydrogen) atoms. The average Bonchev–Trinajstić information content (AvgIpc) is 2.51. The molecule has 0 bridgehead atoms. The Bertz CT molecular complexity index is 831. The van der Waals surface area contributed by atoms with Gasteiger partial charge in [-0.05, 0) is 37.1 Å². The number of aryl methyl sites for hydroxylation is 2. The van der Waals surface area contributed by atoms with Crippen LogP contribution in [0.15, 0.2) is 41.4 Å². The lowest BCUT2D eigenvalue weighted by Crippen LogP contribution is -2.35. The van der Waals surface area contributed by atoms with Gasteiger partial charge >= 0.3 is 0 Å². The van der Waals surface area contributed by atoms with Crippen LogP contribution < -0.4 is 5.32 Å². The Morgan fingerprint density at radius 2 is 1.83 bits per heavy atom. The number of carbonyl (C=O) groups excluding carboxylic acids is 1. The predicted molar refractivity (Wildman–Crippen MR) is 93.6 cm³/mol. The number of aromatic nitrogens is 1. The molecule has 1 heterocycles. The predicted octanol–water partition coefficient (Wildman–Crippen LogP) is 2.61. The van der Waals surface area contributed by atoms with E-state index >= 15 is 0 Å². The summed E-state index contributed by atoms with van der Waals surface area (Å²) in [6.07, 6.45) is 1.16. The van der Waals surface area contributed by atoms with Gasteiger partial charge in [-0.25, -0.2) is 13.4 Å². The molecule has 0 aliphatic rings. The monoisotopic (exact) mass is 367 g/mol. The summed E-state index contributed by atoms with van der Waals surface area (Å²) < 4.78 is 25.8. The normalized spacial score (nSPS) is 11.5. The average molecular weight is 368 g/mol. The fraction of sp³-hybridized carbons (Fsp3) is 0.250. The molecule has 0 saturated heterocycles. The number of hydrogen-bond acceptors (Lipinski definition) is 4. The van der Waals surface area contributed by atoms with E-state index in [1.807, 2.05) is 32.0 Å². The van der Waals surface area contributed by atoms with Crippen molar-refractivity contribution in [3.8, 4) is 0 Å². The van der Waals surface area contributed by atoms with Gasteiger partial charge in [0, 0.05) is 18.9 Å². The zero-order valence-corrected chi connectivity index (χ0v) is 15.1. The van der Waals surface area contributed by atoms with Crippen LogP contribution in [0.25, 0.3) is 0 Å². The number of carbonyl (C=O) groups is 1. The molecule has 6 nitrogen and oxygen atoms in total. The van der Waals surface area contributed by atoms with E-state index in [1.54, 1.807) is 0 Å². The summed E-state index contributed by atoms with van der Waals surface area (Å²) in [5.74, 6) is -0.416. The second-order valence-electron chi connectivity index (χ2n) is 5.39. The lowest BCUT2D eigenvalue weighted by molar-refractivity contribution is -0.116. The zero-order valence-electron chi connectivity index (χ0n) is 13.6. The summed E-state index contributed by atoms with van der Waals surface area (Å²) in [6.45, 7) is 3.45. The number of likely N-dealkylation sites (N-methyl/N-ethyl adjacent to an activating group) is 1. The zero-order chi connectivity index (χ0) is 17.9. The quantitative estimate of drug-likeness (QED) is 0.824. The fourth-order valence-corrected chi connectivity index (χ4v) is 3.36. The van der Waals surface area contributed by atoms with E-state index in [0.717, 1.165) is 21.6 Å². The first-order chi connectivity index (χ1) is 11.2. The molecule has 0 unspecified atom stereocenters. The second-order valence-corrected chi connectivity index (χ2v) is 7.82. The van der Waals surface area contributed by atoms with Crippen molar-refractivity contribution in [3.05, 3.63) is 52.8 Å². The minimum Gasteiger partial charge on any atom is -0.324 e. The van der Waals surface area contributed by atoms with Gasteiger partial charge in [0.05, 0.1) is 6.54 Å². The molecule has 1 aromatic heterocycles. The molecular formula is C16H18ClN3O3S. The van der Waals surface area contributed by atoms with Crippen LogP contribution >= 0.6 is 11.6 Å². The van der Waals surface area contributed by atoms with Gasteiger partial charge in [0.1, 0.15) is 10.0 Å². The highest BCUT2D eigenvalue weighted by Crippen LogP contribution is 2.20. The van der Waals surface area contributed by atoms with E-state index < -0.39 is 15.9 Å².